The standard InChI is InChI=1S/C36H45N5O7S.C28H34N4O6S.C8H13NO2.ClH/c1-9-21-19-36(21,32(44)46-10-2)40-29(42)25-18-22(20-41(25)31(43)28(34(3,4)5)39-33(45)48-35(6,7)8)47-30-27(26-16-13-17-49-26)37-23-14-11-12-15-24(23)38-30;1-27(2,3)22(31-26(36)38-28(4,5)6)24(33)32-15-16(14-19(32)25(34)35)37-23-21(20-12-9-13-39-20)29-17-10-7-8-11-18(17)30-23;1-3-6-5-8(6,9)7(10)11-4-2;/h9,11-17,21-22,25,28H,1,10,18-20H2,2-8H3,(H,39,45)(H,40,42);7-13,16,19,22H,14-15H2,1-6H3,(H,31,36)(H,34,35);3,6H,1,4-5,9H2,2H3;1H/t21-,22-,25+,28-,36-;16-,19+,22-;6-,8-;/m111./s1. The van der Waals surface area contributed by atoms with Crippen LogP contribution in [-0.4, -0.2) is 168 Å². The quantitative estimate of drug-likeness (QED) is 0.0286. The van der Waals surface area contributed by atoms with Crippen LogP contribution in [0, 0.1) is 22.7 Å². The number of carboxylic acid groups (broad SMARTS) is 1. The number of benzene rings is 2. The number of ether oxygens (including phenoxy) is 6. The van der Waals surface area contributed by atoms with E-state index in [2.05, 4.69) is 34.1 Å². The summed E-state index contributed by atoms with van der Waals surface area (Å²) in [4.78, 5) is 128. The van der Waals surface area contributed by atoms with Crippen LogP contribution in [0.4, 0.5) is 9.59 Å². The Kier molecular flexibility index (Phi) is 25.0. The first-order valence-corrected chi connectivity index (χ1v) is 34.7. The molecule has 6 N–H and O–H groups in total. The summed E-state index contributed by atoms with van der Waals surface area (Å²) in [7, 11) is 0. The number of fused-ring (bicyclic) bond motifs is 2. The highest BCUT2D eigenvalue weighted by Gasteiger charge is 2.62. The van der Waals surface area contributed by atoms with Crippen LogP contribution in [0.15, 0.2) is 109 Å². The molecule has 28 heteroatoms. The number of likely N-dealkylation sites (tertiary alicyclic amines) is 2. The van der Waals surface area contributed by atoms with Crippen LogP contribution in [0.2, 0.25) is 0 Å². The van der Waals surface area contributed by atoms with Gasteiger partial charge in [-0.25, -0.2) is 39.1 Å². The summed E-state index contributed by atoms with van der Waals surface area (Å²) in [5, 5.41) is 22.2. The minimum Gasteiger partial charge on any atom is -0.480 e. The molecule has 2 aromatic carbocycles. The fourth-order valence-electron chi connectivity index (χ4n) is 11.5. The minimum atomic E-state index is -1.27. The van der Waals surface area contributed by atoms with E-state index in [0.29, 0.717) is 52.9 Å². The molecule has 2 saturated carbocycles. The van der Waals surface area contributed by atoms with Gasteiger partial charge >= 0.3 is 30.1 Å². The maximum atomic E-state index is 14.5. The van der Waals surface area contributed by atoms with E-state index in [1.54, 1.807) is 88.3 Å². The molecule has 0 spiro atoms. The van der Waals surface area contributed by atoms with Crippen LogP contribution in [0.5, 0.6) is 11.8 Å². The lowest BCUT2D eigenvalue weighted by atomic mass is 9.85. The van der Waals surface area contributed by atoms with Crippen LogP contribution in [0.1, 0.15) is 123 Å². The Morgan fingerprint density at radius 2 is 1.00 bits per heavy atom. The molecule has 2 aliphatic carbocycles. The first kappa shape index (κ1) is 78.5. The second kappa shape index (κ2) is 31.8. The van der Waals surface area contributed by atoms with E-state index in [1.165, 1.54) is 32.5 Å². The lowest BCUT2D eigenvalue weighted by molar-refractivity contribution is -0.150. The number of rotatable bonds is 19. The molecule has 0 unspecified atom stereocenters. The predicted octanol–water partition coefficient (Wildman–Crippen LogP) is 10.9. The molecule has 2 saturated heterocycles. The van der Waals surface area contributed by atoms with Crippen LogP contribution < -0.4 is 31.2 Å². The monoisotopic (exact) mass is 1440 g/mol. The van der Waals surface area contributed by atoms with E-state index in [4.69, 9.17) is 49.1 Å². The number of thiophene rings is 2. The van der Waals surface area contributed by atoms with Crippen molar-refractivity contribution in [2.45, 2.75) is 181 Å². The molecule has 0 radical (unpaired) electrons. The number of nitrogens with one attached hydrogen (secondary N) is 3. The summed E-state index contributed by atoms with van der Waals surface area (Å²) < 4.78 is 33.7. The largest absolute Gasteiger partial charge is 0.480 e. The van der Waals surface area contributed by atoms with Crippen molar-refractivity contribution in [2.24, 2.45) is 28.4 Å². The zero-order valence-corrected chi connectivity index (χ0v) is 61.5. The van der Waals surface area contributed by atoms with Gasteiger partial charge in [0.25, 0.3) is 0 Å². The molecule has 0 bridgehead atoms. The van der Waals surface area contributed by atoms with Crippen LogP contribution >= 0.6 is 35.1 Å². The van der Waals surface area contributed by atoms with Gasteiger partial charge in [0, 0.05) is 24.7 Å². The molecule has 540 valence electrons. The van der Waals surface area contributed by atoms with Gasteiger partial charge in [0.1, 0.15) is 70.0 Å². The van der Waals surface area contributed by atoms with Gasteiger partial charge in [-0.3, -0.25) is 19.2 Å². The number of nitrogens with two attached hydrogens (primary N) is 1. The zero-order chi connectivity index (χ0) is 72.7. The summed E-state index contributed by atoms with van der Waals surface area (Å²) in [6.07, 6.45) is 1.66. The zero-order valence-electron chi connectivity index (χ0n) is 59.1. The van der Waals surface area contributed by atoms with E-state index in [9.17, 15) is 43.5 Å². The van der Waals surface area contributed by atoms with Crippen molar-refractivity contribution in [3.8, 4) is 32.9 Å². The smallest absolute Gasteiger partial charge is 0.408 e. The Morgan fingerprint density at radius 1 is 0.600 bits per heavy atom. The van der Waals surface area contributed by atoms with Crippen LogP contribution in [0.25, 0.3) is 43.2 Å². The number of carbonyl (C=O) groups is 8. The van der Waals surface area contributed by atoms with Crippen molar-refractivity contribution in [3.05, 3.63) is 109 Å². The van der Waals surface area contributed by atoms with Gasteiger partial charge < -0.3 is 65.0 Å². The van der Waals surface area contributed by atoms with E-state index >= 15 is 0 Å². The summed E-state index contributed by atoms with van der Waals surface area (Å²) in [6, 6.07) is 18.3. The van der Waals surface area contributed by atoms with E-state index < -0.39 is 111 Å². The fraction of sp³-hybridized carbons (Fsp3) is 0.500. The Bertz CT molecular complexity index is 3960. The van der Waals surface area contributed by atoms with Crippen molar-refractivity contribution in [3.63, 3.8) is 0 Å². The fourth-order valence-corrected chi connectivity index (χ4v) is 12.9. The predicted molar refractivity (Wildman–Crippen MR) is 383 cm³/mol. The van der Waals surface area contributed by atoms with Gasteiger partial charge in [-0.2, -0.15) is 0 Å². The summed E-state index contributed by atoms with van der Waals surface area (Å²) in [5.74, 6) is -3.20. The average molecular weight is 1440 g/mol. The van der Waals surface area contributed by atoms with Crippen molar-refractivity contribution in [1.82, 2.24) is 45.7 Å². The number of carboxylic acids is 1. The summed E-state index contributed by atoms with van der Waals surface area (Å²) in [6.45, 7) is 32.6. The number of halogens is 1. The van der Waals surface area contributed by atoms with Gasteiger partial charge in [0.15, 0.2) is 0 Å². The van der Waals surface area contributed by atoms with Crippen molar-refractivity contribution in [2.75, 3.05) is 26.3 Å². The molecule has 10 atom stereocenters. The highest BCUT2D eigenvalue weighted by molar-refractivity contribution is 7.13. The number of para-hydroxylation sites is 4. The first-order chi connectivity index (χ1) is 46.4. The number of esters is 2. The Labute approximate surface area is 597 Å². The molecular formula is C72H93ClN10O15S2. The number of aliphatic carboxylic acids is 1. The lowest BCUT2D eigenvalue weighted by Gasteiger charge is -2.36. The minimum absolute atomic E-state index is 0. The van der Waals surface area contributed by atoms with Gasteiger partial charge in [0.05, 0.1) is 58.1 Å². The van der Waals surface area contributed by atoms with E-state index in [1.807, 2.05) is 104 Å². The molecule has 6 heterocycles. The molecule has 4 fully saturated rings. The average Bonchev–Trinajstić information content (AvgIpc) is 1.68. The van der Waals surface area contributed by atoms with E-state index in [-0.39, 0.29) is 74.5 Å². The third-order valence-electron chi connectivity index (χ3n) is 16.7. The first-order valence-electron chi connectivity index (χ1n) is 32.9. The maximum Gasteiger partial charge on any atom is 0.408 e. The van der Waals surface area contributed by atoms with Crippen molar-refractivity contribution in [1.29, 1.82) is 0 Å². The highest BCUT2D eigenvalue weighted by atomic mass is 35.5. The molecule has 6 aromatic rings. The molecule has 5 amide bonds. The third kappa shape index (κ3) is 19.2. The summed E-state index contributed by atoms with van der Waals surface area (Å²) >= 11 is 2.98. The SMILES string of the molecule is C=C[C@@H]1C[C@]1(N)C(=O)OCC.C=C[C@@H]1C[C@]1(NC(=O)[C@@H]1C[C@@H](Oc2nc3ccccc3nc2-c2cccs2)CN1C(=O)[C@@H](NC(=O)OC(C)(C)C)C(C)(C)C)C(=O)OCC.CC(C)(C)OC(=O)N[C@H](C(=O)N1C[C@H](Oc2nc3ccccc3nc2-c2cccs2)C[C@H]1C(=O)O)C(C)(C)C.Cl. The number of hydrogen-bond acceptors (Lipinski definition) is 21. The van der Waals surface area contributed by atoms with Gasteiger partial charge in [0.2, 0.25) is 29.5 Å². The molecule has 10 rings (SSSR count). The van der Waals surface area contributed by atoms with E-state index in [0.717, 1.165) is 9.75 Å². The number of nitrogens with zero attached hydrogens (tertiary/aromatic N) is 6. The van der Waals surface area contributed by atoms with Gasteiger partial charge in [-0.15, -0.1) is 48.2 Å². The van der Waals surface area contributed by atoms with Crippen LogP contribution in [-0.2, 0) is 47.7 Å². The van der Waals surface area contributed by atoms with Crippen LogP contribution in [0.3, 0.4) is 0 Å². The maximum absolute atomic E-state index is 14.5. The number of alkyl carbamates (subject to hydrolysis) is 2. The lowest BCUT2D eigenvalue weighted by Crippen LogP contribution is -2.59. The number of carbonyl (C=O) groups excluding carboxylic acids is 7. The number of amides is 5. The molecular weight excluding hydrogens is 1340 g/mol. The second-order valence-corrected chi connectivity index (χ2v) is 30.8. The van der Waals surface area contributed by atoms with Crippen molar-refractivity contribution < 1.29 is 71.9 Å². The highest BCUT2D eigenvalue weighted by Crippen LogP contribution is 2.46. The molecule has 4 aromatic heterocycles. The van der Waals surface area contributed by atoms with Gasteiger partial charge in [-0.1, -0.05) is 90.1 Å². The third-order valence-corrected chi connectivity index (χ3v) is 18.4. The Morgan fingerprint density at radius 3 is 1.35 bits per heavy atom. The molecule has 100 heavy (non-hydrogen) atoms. The Balaban J connectivity index is 0.000000245. The topological polar surface area (TPSA) is 332 Å². The van der Waals surface area contributed by atoms with Gasteiger partial charge in [-0.05, 0) is 126 Å². The summed E-state index contributed by atoms with van der Waals surface area (Å²) in [5.41, 5.74) is 4.42. The normalized spacial score (nSPS) is 22.1. The van der Waals surface area contributed by atoms with Crippen molar-refractivity contribution >= 4 is 105 Å². The number of aromatic nitrogens is 4. The Hall–Kier alpha value is -8.79. The number of hydrogen-bond donors (Lipinski definition) is 5. The molecule has 4 aliphatic rings. The molecule has 25 nitrogen and oxygen atoms in total. The molecule has 2 aliphatic heterocycles. The second-order valence-electron chi connectivity index (χ2n) is 28.9.